The number of carbonyl (C=O) groups is 1. The van der Waals surface area contributed by atoms with Crippen LogP contribution in [-0.2, 0) is 11.3 Å². The van der Waals surface area contributed by atoms with E-state index < -0.39 is 0 Å². The van der Waals surface area contributed by atoms with E-state index in [1.165, 1.54) is 10.8 Å². The maximum absolute atomic E-state index is 13.5. The van der Waals surface area contributed by atoms with Gasteiger partial charge in [0.1, 0.15) is 6.54 Å². The summed E-state index contributed by atoms with van der Waals surface area (Å²) in [7, 11) is 0. The van der Waals surface area contributed by atoms with Crippen molar-refractivity contribution in [2.24, 2.45) is 5.92 Å². The van der Waals surface area contributed by atoms with Crippen molar-refractivity contribution in [3.05, 3.63) is 71.3 Å². The second-order valence-corrected chi connectivity index (χ2v) is 8.16. The lowest BCUT2D eigenvalue weighted by Gasteiger charge is -2.31. The molecule has 0 aliphatic heterocycles. The largest absolute Gasteiger partial charge is 0.361 e. The predicted octanol–water partition coefficient (Wildman–Crippen LogP) is 4.35. The number of anilines is 1. The molecule has 2 aromatic carbocycles. The van der Waals surface area contributed by atoms with Gasteiger partial charge < -0.3 is 9.88 Å². The van der Waals surface area contributed by atoms with Gasteiger partial charge in [-0.25, -0.2) is 4.98 Å². The van der Waals surface area contributed by atoms with Gasteiger partial charge in [0, 0.05) is 28.8 Å². The number of rotatable bonds is 6. The molecule has 30 heavy (non-hydrogen) atoms. The molecule has 0 radical (unpaired) electrons. The first-order chi connectivity index (χ1) is 14.4. The number of fused-ring (bicyclic) bond motifs is 2. The molecule has 0 fully saturated rings. The molecule has 1 N–H and O–H groups in total. The van der Waals surface area contributed by atoms with E-state index in [1.54, 1.807) is 0 Å². The summed E-state index contributed by atoms with van der Waals surface area (Å²) in [4.78, 5) is 35.3. The van der Waals surface area contributed by atoms with Gasteiger partial charge in [0.05, 0.1) is 17.2 Å². The molecule has 1 unspecified atom stereocenters. The van der Waals surface area contributed by atoms with E-state index in [0.717, 1.165) is 23.0 Å². The molecule has 0 saturated carbocycles. The van der Waals surface area contributed by atoms with Crippen LogP contribution in [0.25, 0.3) is 21.9 Å². The van der Waals surface area contributed by atoms with Crippen molar-refractivity contribution in [3.63, 3.8) is 0 Å². The lowest BCUT2D eigenvalue weighted by atomic mass is 10.0. The standard InChI is InChI=1S/C24H26N4O2/c1-16(2)12-17(3)28(19-8-9-20-18(13-19)10-11-25-20)24(30)15-27-22-7-5-4-6-21(22)26-14-23(27)29/h4-11,13-14,16-17,25H,12,15H2,1-3H3. The molecule has 1 atom stereocenters. The second-order valence-electron chi connectivity index (χ2n) is 8.16. The monoisotopic (exact) mass is 402 g/mol. The Kier molecular flexibility index (Phi) is 5.40. The summed E-state index contributed by atoms with van der Waals surface area (Å²) in [6.45, 7) is 6.33. The number of para-hydroxylation sites is 2. The number of benzene rings is 2. The van der Waals surface area contributed by atoms with E-state index in [2.05, 4.69) is 30.7 Å². The van der Waals surface area contributed by atoms with Crippen LogP contribution in [0.4, 0.5) is 5.69 Å². The van der Waals surface area contributed by atoms with Crippen LogP contribution in [0.2, 0.25) is 0 Å². The third-order valence-electron chi connectivity index (χ3n) is 5.38. The van der Waals surface area contributed by atoms with Gasteiger partial charge in [0.2, 0.25) is 5.91 Å². The quantitative estimate of drug-likeness (QED) is 0.521. The van der Waals surface area contributed by atoms with E-state index in [9.17, 15) is 9.59 Å². The Labute approximate surface area is 175 Å². The first-order valence-electron chi connectivity index (χ1n) is 10.3. The maximum Gasteiger partial charge on any atom is 0.269 e. The lowest BCUT2D eigenvalue weighted by molar-refractivity contribution is -0.119. The third kappa shape index (κ3) is 3.85. The van der Waals surface area contributed by atoms with Gasteiger partial charge in [0.15, 0.2) is 0 Å². The van der Waals surface area contributed by atoms with Gasteiger partial charge in [-0.1, -0.05) is 26.0 Å². The lowest BCUT2D eigenvalue weighted by Crippen LogP contribution is -2.43. The number of nitrogens with one attached hydrogen (secondary N) is 1. The van der Waals surface area contributed by atoms with Crippen molar-refractivity contribution in [2.75, 3.05) is 4.90 Å². The van der Waals surface area contributed by atoms with Crippen LogP contribution in [0, 0.1) is 5.92 Å². The molecular formula is C24H26N4O2. The topological polar surface area (TPSA) is 71.0 Å². The van der Waals surface area contributed by atoms with Crippen LogP contribution in [0.15, 0.2) is 65.7 Å². The fraction of sp³-hybridized carbons (Fsp3) is 0.292. The predicted molar refractivity (Wildman–Crippen MR) is 121 cm³/mol. The zero-order valence-corrected chi connectivity index (χ0v) is 17.5. The maximum atomic E-state index is 13.5. The number of nitrogens with zero attached hydrogens (tertiary/aromatic N) is 3. The van der Waals surface area contributed by atoms with Gasteiger partial charge in [-0.05, 0) is 55.7 Å². The highest BCUT2D eigenvalue weighted by molar-refractivity contribution is 5.97. The summed E-state index contributed by atoms with van der Waals surface area (Å²) in [5, 5.41) is 1.05. The molecule has 4 aromatic rings. The van der Waals surface area contributed by atoms with Gasteiger partial charge in [0.25, 0.3) is 5.56 Å². The van der Waals surface area contributed by atoms with Crippen molar-refractivity contribution < 1.29 is 4.79 Å². The Bertz CT molecular complexity index is 1250. The van der Waals surface area contributed by atoms with Crippen LogP contribution >= 0.6 is 0 Å². The summed E-state index contributed by atoms with van der Waals surface area (Å²) in [5.41, 5.74) is 2.95. The smallest absolute Gasteiger partial charge is 0.269 e. The summed E-state index contributed by atoms with van der Waals surface area (Å²) in [6.07, 6.45) is 4.03. The zero-order chi connectivity index (χ0) is 21.3. The molecule has 0 aliphatic carbocycles. The van der Waals surface area contributed by atoms with Crippen LogP contribution in [0.1, 0.15) is 27.2 Å². The Morgan fingerprint density at radius 3 is 2.73 bits per heavy atom. The first kappa shape index (κ1) is 19.9. The number of aromatic amines is 1. The molecule has 6 heteroatoms. The minimum absolute atomic E-state index is 0.00213. The van der Waals surface area contributed by atoms with Crippen molar-refractivity contribution in [3.8, 4) is 0 Å². The summed E-state index contributed by atoms with van der Waals surface area (Å²) >= 11 is 0. The van der Waals surface area contributed by atoms with E-state index in [0.29, 0.717) is 17.0 Å². The molecule has 2 heterocycles. The molecule has 154 valence electrons. The first-order valence-corrected chi connectivity index (χ1v) is 10.3. The van der Waals surface area contributed by atoms with E-state index in [1.807, 2.05) is 59.6 Å². The van der Waals surface area contributed by atoms with Gasteiger partial charge in [-0.2, -0.15) is 0 Å². The summed E-state index contributed by atoms with van der Waals surface area (Å²) < 4.78 is 1.51. The third-order valence-corrected chi connectivity index (χ3v) is 5.38. The normalized spacial score (nSPS) is 12.5. The van der Waals surface area contributed by atoms with Crippen LogP contribution < -0.4 is 10.5 Å². The molecule has 0 aliphatic rings. The van der Waals surface area contributed by atoms with Crippen molar-refractivity contribution in [1.29, 1.82) is 0 Å². The Morgan fingerprint density at radius 1 is 1.13 bits per heavy atom. The van der Waals surface area contributed by atoms with Crippen LogP contribution in [-0.4, -0.2) is 26.5 Å². The number of carbonyl (C=O) groups excluding carboxylic acids is 1. The Morgan fingerprint density at radius 2 is 1.93 bits per heavy atom. The highest BCUT2D eigenvalue weighted by atomic mass is 16.2. The summed E-state index contributed by atoms with van der Waals surface area (Å²) in [5.74, 6) is 0.326. The molecule has 4 rings (SSSR count). The zero-order valence-electron chi connectivity index (χ0n) is 17.5. The number of hydrogen-bond donors (Lipinski definition) is 1. The Balaban J connectivity index is 1.74. The highest BCUT2D eigenvalue weighted by Crippen LogP contribution is 2.26. The number of H-pyrrole nitrogens is 1. The average molecular weight is 402 g/mol. The van der Waals surface area contributed by atoms with Gasteiger partial charge in [-0.3, -0.25) is 14.2 Å². The van der Waals surface area contributed by atoms with Crippen molar-refractivity contribution in [1.82, 2.24) is 14.5 Å². The minimum Gasteiger partial charge on any atom is -0.361 e. The number of hydrogen-bond acceptors (Lipinski definition) is 3. The van der Waals surface area contributed by atoms with Crippen molar-refractivity contribution in [2.45, 2.75) is 39.8 Å². The number of amides is 1. The van der Waals surface area contributed by atoms with E-state index in [4.69, 9.17) is 0 Å². The fourth-order valence-corrected chi connectivity index (χ4v) is 4.11. The van der Waals surface area contributed by atoms with Crippen LogP contribution in [0.3, 0.4) is 0 Å². The fourth-order valence-electron chi connectivity index (χ4n) is 4.11. The molecule has 1 amide bonds. The molecule has 2 aromatic heterocycles. The van der Waals surface area contributed by atoms with Crippen LogP contribution in [0.5, 0.6) is 0 Å². The highest BCUT2D eigenvalue weighted by Gasteiger charge is 2.24. The SMILES string of the molecule is CC(C)CC(C)N(C(=O)Cn1c(=O)cnc2ccccc21)c1ccc2[nH]ccc2c1. The molecule has 0 saturated heterocycles. The van der Waals surface area contributed by atoms with Gasteiger partial charge in [-0.15, -0.1) is 0 Å². The van der Waals surface area contributed by atoms with E-state index >= 15 is 0 Å². The molecule has 0 bridgehead atoms. The molecule has 6 nitrogen and oxygen atoms in total. The molecule has 0 spiro atoms. The summed E-state index contributed by atoms with van der Waals surface area (Å²) in [6, 6.07) is 15.3. The second kappa shape index (κ2) is 8.14. The minimum atomic E-state index is -0.278. The van der Waals surface area contributed by atoms with E-state index in [-0.39, 0.29) is 24.1 Å². The number of aromatic nitrogens is 3. The average Bonchev–Trinajstić information content (AvgIpc) is 3.18. The van der Waals surface area contributed by atoms with Crippen molar-refractivity contribution >= 4 is 33.5 Å². The molecular weight excluding hydrogens is 376 g/mol. The van der Waals surface area contributed by atoms with Gasteiger partial charge >= 0.3 is 0 Å². The Hall–Kier alpha value is -3.41.